The first-order chi connectivity index (χ1) is 9.08. The van der Waals surface area contributed by atoms with Gasteiger partial charge < -0.3 is 9.72 Å². The molecular weight excluding hydrogens is 244 g/mol. The number of hydrogen-bond acceptors (Lipinski definition) is 4. The van der Waals surface area contributed by atoms with Crippen molar-refractivity contribution in [3.8, 4) is 11.4 Å². The summed E-state index contributed by atoms with van der Waals surface area (Å²) in [5.74, 6) is 0.0272. The Hall–Kier alpha value is -2.43. The molecule has 0 bridgehead atoms. The molecule has 2 rings (SSSR count). The SMILES string of the molecule is COC(=O)Cc1cc(=O)[nH]c(-c2ccc(C)cc2)n1. The Morgan fingerprint density at radius 2 is 2.00 bits per heavy atom. The van der Waals surface area contributed by atoms with E-state index in [9.17, 15) is 9.59 Å². The van der Waals surface area contributed by atoms with Crippen LogP contribution in [0.25, 0.3) is 11.4 Å². The summed E-state index contributed by atoms with van der Waals surface area (Å²) >= 11 is 0. The zero-order valence-corrected chi connectivity index (χ0v) is 10.8. The van der Waals surface area contributed by atoms with E-state index in [2.05, 4.69) is 14.7 Å². The maximum atomic E-state index is 11.6. The van der Waals surface area contributed by atoms with Gasteiger partial charge >= 0.3 is 5.97 Å². The molecule has 5 nitrogen and oxygen atoms in total. The molecule has 0 radical (unpaired) electrons. The number of aromatic amines is 1. The lowest BCUT2D eigenvalue weighted by molar-refractivity contribution is -0.139. The van der Waals surface area contributed by atoms with E-state index < -0.39 is 5.97 Å². The smallest absolute Gasteiger partial charge is 0.311 e. The summed E-state index contributed by atoms with van der Waals surface area (Å²) in [6.07, 6.45) is -0.0146. The van der Waals surface area contributed by atoms with E-state index >= 15 is 0 Å². The minimum absolute atomic E-state index is 0.0146. The van der Waals surface area contributed by atoms with E-state index in [1.807, 2.05) is 31.2 Å². The summed E-state index contributed by atoms with van der Waals surface area (Å²) in [7, 11) is 1.30. The number of aryl methyl sites for hydroxylation is 1. The van der Waals surface area contributed by atoms with Crippen LogP contribution in [0.5, 0.6) is 0 Å². The second kappa shape index (κ2) is 5.48. The van der Waals surface area contributed by atoms with Gasteiger partial charge in [0.25, 0.3) is 5.56 Å². The molecule has 98 valence electrons. The van der Waals surface area contributed by atoms with Crippen molar-refractivity contribution in [3.63, 3.8) is 0 Å². The number of H-pyrrole nitrogens is 1. The molecule has 0 fully saturated rings. The molecule has 5 heteroatoms. The lowest BCUT2D eigenvalue weighted by Gasteiger charge is -2.04. The van der Waals surface area contributed by atoms with Crippen LogP contribution in [0.2, 0.25) is 0 Å². The average molecular weight is 258 g/mol. The van der Waals surface area contributed by atoms with Crippen LogP contribution in [0.4, 0.5) is 0 Å². The molecule has 0 aliphatic rings. The molecule has 0 amide bonds. The minimum Gasteiger partial charge on any atom is -0.469 e. The van der Waals surface area contributed by atoms with Crippen molar-refractivity contribution in [2.75, 3.05) is 7.11 Å². The van der Waals surface area contributed by atoms with Crippen LogP contribution in [0.15, 0.2) is 35.1 Å². The first-order valence-corrected chi connectivity index (χ1v) is 5.82. The number of carbonyl (C=O) groups is 1. The quantitative estimate of drug-likeness (QED) is 0.846. The van der Waals surface area contributed by atoms with Gasteiger partial charge in [0.1, 0.15) is 5.82 Å². The van der Waals surface area contributed by atoms with Gasteiger partial charge in [0.15, 0.2) is 0 Å². The average Bonchev–Trinajstić information content (AvgIpc) is 2.38. The zero-order valence-electron chi connectivity index (χ0n) is 10.8. The fourth-order valence-corrected chi connectivity index (χ4v) is 1.67. The van der Waals surface area contributed by atoms with Crippen molar-refractivity contribution in [1.82, 2.24) is 9.97 Å². The molecule has 1 heterocycles. The second-order valence-corrected chi connectivity index (χ2v) is 4.20. The number of hydrogen-bond donors (Lipinski definition) is 1. The van der Waals surface area contributed by atoms with Crippen LogP contribution in [0.1, 0.15) is 11.3 Å². The van der Waals surface area contributed by atoms with Gasteiger partial charge in [-0.2, -0.15) is 0 Å². The first kappa shape index (κ1) is 13.0. The van der Waals surface area contributed by atoms with Crippen molar-refractivity contribution < 1.29 is 9.53 Å². The van der Waals surface area contributed by atoms with Gasteiger partial charge in [-0.05, 0) is 6.92 Å². The Kier molecular flexibility index (Phi) is 3.75. The van der Waals surface area contributed by atoms with Crippen LogP contribution in [-0.2, 0) is 16.0 Å². The van der Waals surface area contributed by atoms with Gasteiger partial charge in [-0.1, -0.05) is 29.8 Å². The van der Waals surface area contributed by atoms with Gasteiger partial charge in [0, 0.05) is 11.6 Å². The highest BCUT2D eigenvalue weighted by Gasteiger charge is 2.08. The molecule has 0 aliphatic heterocycles. The molecule has 1 N–H and O–H groups in total. The van der Waals surface area contributed by atoms with Gasteiger partial charge in [-0.15, -0.1) is 0 Å². The highest BCUT2D eigenvalue weighted by Crippen LogP contribution is 2.14. The van der Waals surface area contributed by atoms with Gasteiger partial charge in [-0.25, -0.2) is 4.98 Å². The van der Waals surface area contributed by atoms with Crippen molar-refractivity contribution in [2.24, 2.45) is 0 Å². The Labute approximate surface area is 110 Å². The molecule has 19 heavy (non-hydrogen) atoms. The number of aromatic nitrogens is 2. The normalized spacial score (nSPS) is 10.2. The Bertz CT molecular complexity index is 644. The number of benzene rings is 1. The maximum Gasteiger partial charge on any atom is 0.311 e. The summed E-state index contributed by atoms with van der Waals surface area (Å²) in [6, 6.07) is 8.91. The number of rotatable bonds is 3. The standard InChI is InChI=1S/C14H14N2O3/c1-9-3-5-10(6-4-9)14-15-11(7-12(17)16-14)8-13(18)19-2/h3-7H,8H2,1-2H3,(H,15,16,17). The number of esters is 1. The molecule has 0 saturated heterocycles. The Morgan fingerprint density at radius 3 is 2.63 bits per heavy atom. The topological polar surface area (TPSA) is 72.1 Å². The summed E-state index contributed by atoms with van der Waals surface area (Å²) in [5.41, 5.74) is 2.03. The number of nitrogens with one attached hydrogen (secondary N) is 1. The number of nitrogens with zero attached hydrogens (tertiary/aromatic N) is 1. The maximum absolute atomic E-state index is 11.6. The van der Waals surface area contributed by atoms with Gasteiger partial charge in [-0.3, -0.25) is 9.59 Å². The minimum atomic E-state index is -0.423. The largest absolute Gasteiger partial charge is 0.469 e. The fourth-order valence-electron chi connectivity index (χ4n) is 1.67. The highest BCUT2D eigenvalue weighted by atomic mass is 16.5. The van der Waals surface area contributed by atoms with Crippen molar-refractivity contribution in [2.45, 2.75) is 13.3 Å². The predicted molar refractivity (Wildman–Crippen MR) is 70.8 cm³/mol. The summed E-state index contributed by atoms with van der Waals surface area (Å²) in [5, 5.41) is 0. The van der Waals surface area contributed by atoms with Crippen LogP contribution in [-0.4, -0.2) is 23.0 Å². The monoisotopic (exact) mass is 258 g/mol. The molecule has 0 unspecified atom stereocenters. The molecule has 0 atom stereocenters. The molecule has 0 spiro atoms. The van der Waals surface area contributed by atoms with Crippen LogP contribution in [0, 0.1) is 6.92 Å². The third kappa shape index (κ3) is 3.28. The van der Waals surface area contributed by atoms with Crippen molar-refractivity contribution in [3.05, 3.63) is 51.9 Å². The van der Waals surface area contributed by atoms with Gasteiger partial charge in [0.05, 0.1) is 19.2 Å². The van der Waals surface area contributed by atoms with E-state index in [1.54, 1.807) is 0 Å². The lowest BCUT2D eigenvalue weighted by Crippen LogP contribution is -2.14. The molecule has 0 aliphatic carbocycles. The molecule has 0 saturated carbocycles. The lowest BCUT2D eigenvalue weighted by atomic mass is 10.1. The van der Waals surface area contributed by atoms with Crippen molar-refractivity contribution in [1.29, 1.82) is 0 Å². The predicted octanol–water partition coefficient (Wildman–Crippen LogP) is 1.46. The van der Waals surface area contributed by atoms with E-state index in [0.29, 0.717) is 11.5 Å². The summed E-state index contributed by atoms with van der Waals surface area (Å²) in [6.45, 7) is 1.98. The van der Waals surface area contributed by atoms with Crippen LogP contribution >= 0.6 is 0 Å². The van der Waals surface area contributed by atoms with E-state index in [0.717, 1.165) is 11.1 Å². The first-order valence-electron chi connectivity index (χ1n) is 5.82. The van der Waals surface area contributed by atoms with Crippen LogP contribution < -0.4 is 5.56 Å². The van der Waals surface area contributed by atoms with Gasteiger partial charge in [0.2, 0.25) is 0 Å². The second-order valence-electron chi connectivity index (χ2n) is 4.20. The number of ether oxygens (including phenoxy) is 1. The summed E-state index contributed by atoms with van der Waals surface area (Å²) < 4.78 is 4.56. The fraction of sp³-hybridized carbons (Fsp3) is 0.214. The van der Waals surface area contributed by atoms with Crippen molar-refractivity contribution >= 4 is 5.97 Å². The van der Waals surface area contributed by atoms with Crippen LogP contribution in [0.3, 0.4) is 0 Å². The Morgan fingerprint density at radius 1 is 1.32 bits per heavy atom. The molecular formula is C14H14N2O3. The highest BCUT2D eigenvalue weighted by molar-refractivity contribution is 5.72. The van der Waals surface area contributed by atoms with E-state index in [-0.39, 0.29) is 12.0 Å². The third-order valence-electron chi connectivity index (χ3n) is 2.67. The molecule has 2 aromatic rings. The third-order valence-corrected chi connectivity index (χ3v) is 2.67. The number of carbonyl (C=O) groups excluding carboxylic acids is 1. The Balaban J connectivity index is 2.38. The zero-order chi connectivity index (χ0) is 13.8. The molecule has 1 aromatic carbocycles. The molecule has 1 aromatic heterocycles. The summed E-state index contributed by atoms with van der Waals surface area (Å²) in [4.78, 5) is 29.7. The van der Waals surface area contributed by atoms with E-state index in [4.69, 9.17) is 0 Å². The number of methoxy groups -OCH3 is 1. The van der Waals surface area contributed by atoms with E-state index in [1.165, 1.54) is 13.2 Å².